The monoisotopic (exact) mass is 324 g/mol. The molecule has 0 bridgehead atoms. The lowest BCUT2D eigenvalue weighted by Gasteiger charge is -2.31. The maximum atomic E-state index is 13.8. The standard InChI is InChI=1S/C17H25FN2O3/c1-17(2,3)23-16(22)20-13-8-10(13)9-14(20)15(21)19-12-7-5-4-6-11(12)18/h6,10,12-14H,4-5,7-9H2,1-3H3,(H,19,21)/t10-,12?,13-,14+/m1/s1. The highest BCUT2D eigenvalue weighted by molar-refractivity contribution is 5.87. The summed E-state index contributed by atoms with van der Waals surface area (Å²) in [5.41, 5.74) is -0.594. The molecule has 3 rings (SSSR count). The number of fused-ring (bicyclic) bond motifs is 1. The van der Waals surface area contributed by atoms with Crippen molar-refractivity contribution in [1.82, 2.24) is 10.2 Å². The lowest BCUT2D eigenvalue weighted by atomic mass is 10.0. The van der Waals surface area contributed by atoms with Crippen LogP contribution in [0.3, 0.4) is 0 Å². The average molecular weight is 324 g/mol. The number of rotatable bonds is 2. The smallest absolute Gasteiger partial charge is 0.411 e. The van der Waals surface area contributed by atoms with Crippen LogP contribution < -0.4 is 5.32 Å². The third kappa shape index (κ3) is 3.51. The third-order valence-corrected chi connectivity index (χ3v) is 4.70. The van der Waals surface area contributed by atoms with Gasteiger partial charge in [0.1, 0.15) is 17.5 Å². The first-order valence-corrected chi connectivity index (χ1v) is 8.43. The van der Waals surface area contributed by atoms with E-state index in [1.807, 2.05) is 20.8 Å². The number of likely N-dealkylation sites (tertiary alicyclic amines) is 1. The fourth-order valence-electron chi connectivity index (χ4n) is 3.52. The van der Waals surface area contributed by atoms with E-state index in [1.165, 1.54) is 6.08 Å². The van der Waals surface area contributed by atoms with Crippen molar-refractivity contribution >= 4 is 12.0 Å². The summed E-state index contributed by atoms with van der Waals surface area (Å²) in [6.45, 7) is 5.42. The van der Waals surface area contributed by atoms with E-state index >= 15 is 0 Å². The Morgan fingerprint density at radius 2 is 2.09 bits per heavy atom. The molecule has 1 saturated carbocycles. The lowest BCUT2D eigenvalue weighted by Crippen LogP contribution is -2.51. The van der Waals surface area contributed by atoms with E-state index in [-0.39, 0.29) is 17.8 Å². The van der Waals surface area contributed by atoms with E-state index in [2.05, 4.69) is 5.32 Å². The van der Waals surface area contributed by atoms with Crippen LogP contribution in [0.25, 0.3) is 0 Å². The van der Waals surface area contributed by atoms with Crippen LogP contribution in [0.5, 0.6) is 0 Å². The molecule has 0 aromatic heterocycles. The number of hydrogen-bond donors (Lipinski definition) is 1. The molecule has 0 aromatic carbocycles. The highest BCUT2D eigenvalue weighted by Crippen LogP contribution is 2.48. The van der Waals surface area contributed by atoms with Crippen molar-refractivity contribution in [2.45, 2.75) is 76.6 Å². The number of halogens is 1. The Hall–Kier alpha value is -1.59. The molecule has 23 heavy (non-hydrogen) atoms. The minimum absolute atomic E-state index is 0.104. The van der Waals surface area contributed by atoms with Gasteiger partial charge in [-0.3, -0.25) is 9.69 Å². The van der Waals surface area contributed by atoms with Gasteiger partial charge in [0.25, 0.3) is 0 Å². The Bertz CT molecular complexity index is 540. The molecule has 0 spiro atoms. The van der Waals surface area contributed by atoms with Crippen molar-refractivity contribution in [3.63, 3.8) is 0 Å². The van der Waals surface area contributed by atoms with Crippen LogP contribution in [0.2, 0.25) is 0 Å². The summed E-state index contributed by atoms with van der Waals surface area (Å²) in [5.74, 6) is -0.153. The molecule has 2 aliphatic carbocycles. The molecule has 1 aliphatic heterocycles. The van der Waals surface area contributed by atoms with Gasteiger partial charge in [0.05, 0.1) is 6.04 Å². The molecule has 3 aliphatic rings. The first-order chi connectivity index (χ1) is 10.8. The van der Waals surface area contributed by atoms with Gasteiger partial charge in [-0.05, 0) is 58.8 Å². The zero-order chi connectivity index (χ0) is 16.8. The fourth-order valence-corrected chi connectivity index (χ4v) is 3.52. The molecular formula is C17H25FN2O3. The number of nitrogens with one attached hydrogen (secondary N) is 1. The van der Waals surface area contributed by atoms with E-state index in [0.717, 1.165) is 19.3 Å². The Kier molecular flexibility index (Phi) is 4.10. The van der Waals surface area contributed by atoms with Gasteiger partial charge in [0.15, 0.2) is 0 Å². The van der Waals surface area contributed by atoms with Gasteiger partial charge in [-0.25, -0.2) is 9.18 Å². The SMILES string of the molecule is CC(C)(C)OC(=O)N1[C@@H]2C[C@@H]2C[C@H]1C(=O)NC1CCCC=C1F. The van der Waals surface area contributed by atoms with Crippen LogP contribution >= 0.6 is 0 Å². The van der Waals surface area contributed by atoms with Crippen LogP contribution in [0.1, 0.15) is 52.9 Å². The van der Waals surface area contributed by atoms with E-state index in [4.69, 9.17) is 4.74 Å². The van der Waals surface area contributed by atoms with E-state index < -0.39 is 23.8 Å². The first kappa shape index (κ1) is 16.3. The van der Waals surface area contributed by atoms with E-state index in [9.17, 15) is 14.0 Å². The normalized spacial score (nSPS) is 32.9. The number of ether oxygens (including phenoxy) is 1. The molecule has 2 fully saturated rings. The molecule has 6 heteroatoms. The number of carbonyl (C=O) groups excluding carboxylic acids is 2. The van der Waals surface area contributed by atoms with Gasteiger partial charge < -0.3 is 10.1 Å². The van der Waals surface area contributed by atoms with Crippen molar-refractivity contribution in [1.29, 1.82) is 0 Å². The molecule has 4 atom stereocenters. The molecule has 2 amide bonds. The van der Waals surface area contributed by atoms with Crippen LogP contribution in [0, 0.1) is 5.92 Å². The summed E-state index contributed by atoms with van der Waals surface area (Å²) in [6.07, 6.45) is 4.86. The number of nitrogens with zero attached hydrogens (tertiary/aromatic N) is 1. The first-order valence-electron chi connectivity index (χ1n) is 8.43. The number of allylic oxidation sites excluding steroid dienone is 1. The Balaban J connectivity index is 1.66. The van der Waals surface area contributed by atoms with Crippen molar-refractivity contribution in [2.24, 2.45) is 5.92 Å². The third-order valence-electron chi connectivity index (χ3n) is 4.70. The van der Waals surface area contributed by atoms with Crippen molar-refractivity contribution < 1.29 is 18.7 Å². The van der Waals surface area contributed by atoms with Crippen LogP contribution in [0.4, 0.5) is 9.18 Å². The molecule has 1 saturated heterocycles. The minimum Gasteiger partial charge on any atom is -0.444 e. The second-order valence-electron chi connectivity index (χ2n) is 7.78. The zero-order valence-corrected chi connectivity index (χ0v) is 14.0. The Labute approximate surface area is 136 Å². The molecule has 1 heterocycles. The molecule has 5 nitrogen and oxygen atoms in total. The summed E-state index contributed by atoms with van der Waals surface area (Å²) >= 11 is 0. The van der Waals surface area contributed by atoms with Crippen molar-refractivity contribution in [2.75, 3.05) is 0 Å². The highest BCUT2D eigenvalue weighted by Gasteiger charge is 2.57. The predicted molar refractivity (Wildman–Crippen MR) is 83.3 cm³/mol. The second kappa shape index (κ2) is 5.80. The largest absolute Gasteiger partial charge is 0.444 e. The summed E-state index contributed by atoms with van der Waals surface area (Å²) in [4.78, 5) is 26.5. The number of carbonyl (C=O) groups is 2. The Morgan fingerprint density at radius 1 is 1.35 bits per heavy atom. The van der Waals surface area contributed by atoms with Crippen LogP contribution in [0.15, 0.2) is 11.9 Å². The molecule has 1 N–H and O–H groups in total. The average Bonchev–Trinajstić information content (AvgIpc) is 3.09. The van der Waals surface area contributed by atoms with Gasteiger partial charge >= 0.3 is 6.09 Å². The second-order valence-corrected chi connectivity index (χ2v) is 7.78. The van der Waals surface area contributed by atoms with Gasteiger partial charge in [-0.2, -0.15) is 0 Å². The van der Waals surface area contributed by atoms with Crippen LogP contribution in [-0.2, 0) is 9.53 Å². The van der Waals surface area contributed by atoms with Gasteiger partial charge in [0, 0.05) is 6.04 Å². The summed E-state index contributed by atoms with van der Waals surface area (Å²) in [7, 11) is 0. The van der Waals surface area contributed by atoms with Gasteiger partial charge in [-0.1, -0.05) is 6.08 Å². The molecule has 1 unspecified atom stereocenters. The van der Waals surface area contributed by atoms with E-state index in [0.29, 0.717) is 18.8 Å². The summed E-state index contributed by atoms with van der Waals surface area (Å²) < 4.78 is 19.2. The molecular weight excluding hydrogens is 299 g/mol. The molecule has 128 valence electrons. The summed E-state index contributed by atoms with van der Waals surface area (Å²) in [6, 6.07) is -0.982. The Morgan fingerprint density at radius 3 is 2.74 bits per heavy atom. The maximum Gasteiger partial charge on any atom is 0.411 e. The quantitative estimate of drug-likeness (QED) is 0.849. The van der Waals surface area contributed by atoms with Gasteiger partial charge in [-0.15, -0.1) is 0 Å². The molecule has 0 radical (unpaired) electrons. The van der Waals surface area contributed by atoms with Crippen molar-refractivity contribution in [3.05, 3.63) is 11.9 Å². The van der Waals surface area contributed by atoms with E-state index in [1.54, 1.807) is 4.90 Å². The van der Waals surface area contributed by atoms with Gasteiger partial charge in [0.2, 0.25) is 5.91 Å². The summed E-state index contributed by atoms with van der Waals surface area (Å²) in [5, 5.41) is 2.77. The maximum absolute atomic E-state index is 13.8. The lowest BCUT2D eigenvalue weighted by molar-refractivity contribution is -0.126. The molecule has 0 aromatic rings. The predicted octanol–water partition coefficient (Wildman–Crippen LogP) is 2.91. The number of piperidine rings is 1. The zero-order valence-electron chi connectivity index (χ0n) is 14.0. The van der Waals surface area contributed by atoms with Crippen LogP contribution in [-0.4, -0.2) is 40.6 Å². The highest BCUT2D eigenvalue weighted by atomic mass is 19.1. The topological polar surface area (TPSA) is 58.6 Å². The van der Waals surface area contributed by atoms with Crippen molar-refractivity contribution in [3.8, 4) is 0 Å². The minimum atomic E-state index is -0.594. The number of hydrogen-bond acceptors (Lipinski definition) is 3. The number of amides is 2. The fraction of sp³-hybridized carbons (Fsp3) is 0.765.